The largest absolute Gasteiger partial charge is 0.396 e. The molecule has 52 valence electrons. The highest BCUT2D eigenvalue weighted by molar-refractivity contribution is 5.03. The second-order valence-electron chi connectivity index (χ2n) is 3.16. The van der Waals surface area contributed by atoms with Crippen LogP contribution in [0, 0.1) is 17.8 Å². The van der Waals surface area contributed by atoms with E-state index in [2.05, 4.69) is 5.32 Å². The highest BCUT2D eigenvalue weighted by atomic mass is 16.3. The van der Waals surface area contributed by atoms with Gasteiger partial charge in [0.2, 0.25) is 0 Å². The fraction of sp³-hybridized carbons (Fsp3) is 1.00. The van der Waals surface area contributed by atoms with E-state index in [1.54, 1.807) is 0 Å². The first-order chi connectivity index (χ1) is 4.43. The van der Waals surface area contributed by atoms with Gasteiger partial charge in [0, 0.05) is 6.61 Å². The molecule has 1 heterocycles. The van der Waals surface area contributed by atoms with Gasteiger partial charge in [-0.25, -0.2) is 0 Å². The third kappa shape index (κ3) is 0.775. The lowest BCUT2D eigenvalue weighted by Gasteiger charge is -1.99. The monoisotopic (exact) mass is 127 g/mol. The van der Waals surface area contributed by atoms with Crippen molar-refractivity contribution in [1.29, 1.82) is 0 Å². The van der Waals surface area contributed by atoms with E-state index in [4.69, 9.17) is 5.11 Å². The van der Waals surface area contributed by atoms with E-state index in [1.807, 2.05) is 0 Å². The second kappa shape index (κ2) is 1.96. The van der Waals surface area contributed by atoms with Crippen LogP contribution >= 0.6 is 0 Å². The molecule has 2 heteroatoms. The van der Waals surface area contributed by atoms with E-state index in [1.165, 1.54) is 13.1 Å². The van der Waals surface area contributed by atoms with Crippen molar-refractivity contribution >= 4 is 0 Å². The average Bonchev–Trinajstić information content (AvgIpc) is 2.39. The topological polar surface area (TPSA) is 32.3 Å². The highest BCUT2D eigenvalue weighted by Gasteiger charge is 2.51. The molecule has 0 radical (unpaired) electrons. The van der Waals surface area contributed by atoms with Gasteiger partial charge in [-0.3, -0.25) is 0 Å². The molecule has 0 aromatic carbocycles. The van der Waals surface area contributed by atoms with Crippen LogP contribution in [0.2, 0.25) is 0 Å². The minimum absolute atomic E-state index is 0.387. The Balaban J connectivity index is 1.81. The van der Waals surface area contributed by atoms with E-state index < -0.39 is 0 Å². The Morgan fingerprint density at radius 2 is 2.00 bits per heavy atom. The summed E-state index contributed by atoms with van der Waals surface area (Å²) >= 11 is 0. The number of hydrogen-bond acceptors (Lipinski definition) is 2. The van der Waals surface area contributed by atoms with Crippen LogP contribution in [-0.2, 0) is 0 Å². The number of nitrogens with one attached hydrogen (secondary N) is 1. The molecule has 2 fully saturated rings. The number of hydrogen-bond donors (Lipinski definition) is 2. The van der Waals surface area contributed by atoms with Crippen LogP contribution in [0.15, 0.2) is 0 Å². The minimum atomic E-state index is 0.387. The summed E-state index contributed by atoms with van der Waals surface area (Å²) < 4.78 is 0. The Bertz CT molecular complexity index is 105. The van der Waals surface area contributed by atoms with Gasteiger partial charge in [0.05, 0.1) is 0 Å². The van der Waals surface area contributed by atoms with Gasteiger partial charge < -0.3 is 10.4 Å². The smallest absolute Gasteiger partial charge is 0.0433 e. The zero-order chi connectivity index (χ0) is 6.27. The Morgan fingerprint density at radius 3 is 2.56 bits per heavy atom. The van der Waals surface area contributed by atoms with Crippen LogP contribution in [0.1, 0.15) is 6.42 Å². The van der Waals surface area contributed by atoms with Crippen LogP contribution in [0.4, 0.5) is 0 Å². The van der Waals surface area contributed by atoms with Gasteiger partial charge >= 0.3 is 0 Å². The molecule has 1 aliphatic carbocycles. The first-order valence-corrected chi connectivity index (χ1v) is 3.75. The standard InChI is InChI=1S/C7H13NO/c9-2-1-5-6-3-8-4-7(5)6/h5-9H,1-4H2. The first-order valence-electron chi connectivity index (χ1n) is 3.75. The molecule has 2 unspecified atom stereocenters. The maximum Gasteiger partial charge on any atom is 0.0433 e. The van der Waals surface area contributed by atoms with E-state index in [0.29, 0.717) is 6.61 Å². The van der Waals surface area contributed by atoms with Gasteiger partial charge in [0.1, 0.15) is 0 Å². The molecule has 2 rings (SSSR count). The maximum absolute atomic E-state index is 8.61. The predicted molar refractivity (Wildman–Crippen MR) is 35.0 cm³/mol. The summed E-state index contributed by atoms with van der Waals surface area (Å²) in [5.74, 6) is 2.73. The zero-order valence-electron chi connectivity index (χ0n) is 5.51. The van der Waals surface area contributed by atoms with E-state index >= 15 is 0 Å². The quantitative estimate of drug-likeness (QED) is 0.540. The predicted octanol–water partition coefficient (Wildman–Crippen LogP) is -0.166. The Labute approximate surface area is 55.3 Å². The fourth-order valence-corrected chi connectivity index (χ4v) is 2.12. The Kier molecular flexibility index (Phi) is 1.24. The van der Waals surface area contributed by atoms with Gasteiger partial charge in [-0.05, 0) is 37.3 Å². The minimum Gasteiger partial charge on any atom is -0.396 e. The van der Waals surface area contributed by atoms with Crippen LogP contribution in [0.3, 0.4) is 0 Å². The van der Waals surface area contributed by atoms with Crippen LogP contribution in [0.5, 0.6) is 0 Å². The summed E-state index contributed by atoms with van der Waals surface area (Å²) in [5.41, 5.74) is 0. The zero-order valence-corrected chi connectivity index (χ0v) is 5.51. The molecule has 1 saturated heterocycles. The molecule has 2 aliphatic rings. The summed E-state index contributed by atoms with van der Waals surface area (Å²) in [6.07, 6.45) is 1.04. The number of piperidine rings is 1. The molecule has 0 bridgehead atoms. The SMILES string of the molecule is OCCC1C2CNCC12. The Morgan fingerprint density at radius 1 is 1.33 bits per heavy atom. The highest BCUT2D eigenvalue weighted by Crippen LogP contribution is 2.50. The van der Waals surface area contributed by atoms with Crippen molar-refractivity contribution in [3.63, 3.8) is 0 Å². The third-order valence-electron chi connectivity index (χ3n) is 2.73. The molecular formula is C7H13NO. The fourth-order valence-electron chi connectivity index (χ4n) is 2.12. The van der Waals surface area contributed by atoms with Crippen LogP contribution in [-0.4, -0.2) is 24.8 Å². The number of aliphatic hydroxyl groups excluding tert-OH is 1. The molecule has 2 nitrogen and oxygen atoms in total. The van der Waals surface area contributed by atoms with E-state index in [0.717, 1.165) is 24.2 Å². The van der Waals surface area contributed by atoms with Crippen molar-refractivity contribution in [3.8, 4) is 0 Å². The summed E-state index contributed by atoms with van der Waals surface area (Å²) in [7, 11) is 0. The van der Waals surface area contributed by atoms with Crippen molar-refractivity contribution in [2.75, 3.05) is 19.7 Å². The van der Waals surface area contributed by atoms with Gasteiger partial charge in [-0.1, -0.05) is 0 Å². The number of aliphatic hydroxyl groups is 1. The van der Waals surface area contributed by atoms with E-state index in [9.17, 15) is 0 Å². The Hall–Kier alpha value is -0.0800. The second-order valence-corrected chi connectivity index (χ2v) is 3.16. The molecule has 2 atom stereocenters. The van der Waals surface area contributed by atoms with Crippen molar-refractivity contribution < 1.29 is 5.11 Å². The van der Waals surface area contributed by atoms with Crippen molar-refractivity contribution in [2.45, 2.75) is 6.42 Å². The molecule has 1 aliphatic heterocycles. The van der Waals surface area contributed by atoms with Gasteiger partial charge in [-0.2, -0.15) is 0 Å². The average molecular weight is 127 g/mol. The molecule has 9 heavy (non-hydrogen) atoms. The molecule has 0 aromatic heterocycles. The molecule has 0 spiro atoms. The van der Waals surface area contributed by atoms with Crippen LogP contribution in [0.25, 0.3) is 0 Å². The molecular weight excluding hydrogens is 114 g/mol. The molecule has 2 N–H and O–H groups in total. The molecule has 0 aromatic rings. The van der Waals surface area contributed by atoms with Crippen molar-refractivity contribution in [2.24, 2.45) is 17.8 Å². The lowest BCUT2D eigenvalue weighted by atomic mass is 10.2. The van der Waals surface area contributed by atoms with E-state index in [-0.39, 0.29) is 0 Å². The van der Waals surface area contributed by atoms with Gasteiger partial charge in [0.25, 0.3) is 0 Å². The van der Waals surface area contributed by atoms with Crippen LogP contribution < -0.4 is 5.32 Å². The lowest BCUT2D eigenvalue weighted by molar-refractivity contribution is 0.272. The summed E-state index contributed by atoms with van der Waals surface area (Å²) in [4.78, 5) is 0. The van der Waals surface area contributed by atoms with Crippen molar-refractivity contribution in [3.05, 3.63) is 0 Å². The summed E-state index contributed by atoms with van der Waals surface area (Å²) in [6.45, 7) is 2.79. The number of rotatable bonds is 2. The maximum atomic E-state index is 8.61. The summed E-state index contributed by atoms with van der Waals surface area (Å²) in [5, 5.41) is 11.9. The third-order valence-corrected chi connectivity index (χ3v) is 2.73. The van der Waals surface area contributed by atoms with Crippen molar-refractivity contribution in [1.82, 2.24) is 5.32 Å². The molecule has 0 amide bonds. The molecule has 1 saturated carbocycles. The summed E-state index contributed by atoms with van der Waals surface area (Å²) in [6, 6.07) is 0. The first kappa shape index (κ1) is 5.69. The van der Waals surface area contributed by atoms with Gasteiger partial charge in [0.15, 0.2) is 0 Å². The number of fused-ring (bicyclic) bond motifs is 1. The van der Waals surface area contributed by atoms with Gasteiger partial charge in [-0.15, -0.1) is 0 Å². The lowest BCUT2D eigenvalue weighted by Crippen LogP contribution is -2.14. The normalized spacial score (nSPS) is 47.0.